The van der Waals surface area contributed by atoms with E-state index >= 15 is 0 Å². The number of amides is 3. The van der Waals surface area contributed by atoms with Gasteiger partial charge in [0.2, 0.25) is 12.1 Å². The number of hydrogen-bond acceptors (Lipinski definition) is 10. The first-order valence-electron chi connectivity index (χ1n) is 13.4. The highest BCUT2D eigenvalue weighted by atomic mass is 17.1. The molecule has 0 saturated carbocycles. The molecule has 2 aliphatic heterocycles. The first-order valence-corrected chi connectivity index (χ1v) is 13.4. The zero-order chi connectivity index (χ0) is 30.0. The van der Waals surface area contributed by atoms with Gasteiger partial charge in [-0.3, -0.25) is 14.4 Å². The summed E-state index contributed by atoms with van der Waals surface area (Å²) in [7, 11) is 3.02. The number of aliphatic hydroxyl groups is 2. The SMILES string of the molecule is COc1ccc(C(=O)NC(CO)C(=O)NC(OO)C(=O)N2CCC34C=CC(O)CC3Oc3c(OC)ccc(c34)C2)cc1. The Labute approximate surface area is 241 Å². The van der Waals surface area contributed by atoms with Crippen molar-refractivity contribution >= 4 is 17.7 Å². The van der Waals surface area contributed by atoms with Gasteiger partial charge in [-0.2, -0.15) is 0 Å². The minimum absolute atomic E-state index is 0.118. The molecule has 1 spiro atoms. The summed E-state index contributed by atoms with van der Waals surface area (Å²) in [4.78, 5) is 44.9. The van der Waals surface area contributed by atoms with Crippen molar-refractivity contribution in [3.05, 3.63) is 65.2 Å². The highest BCUT2D eigenvalue weighted by Gasteiger charge is 2.53. The molecule has 1 aliphatic carbocycles. The molecule has 5 unspecified atom stereocenters. The van der Waals surface area contributed by atoms with Crippen LogP contribution in [0.15, 0.2) is 48.6 Å². The smallest absolute Gasteiger partial charge is 0.276 e. The van der Waals surface area contributed by atoms with Crippen LogP contribution in [0.2, 0.25) is 0 Å². The van der Waals surface area contributed by atoms with Crippen LogP contribution in [0.4, 0.5) is 0 Å². The van der Waals surface area contributed by atoms with E-state index in [1.54, 1.807) is 31.4 Å². The molecule has 2 heterocycles. The van der Waals surface area contributed by atoms with Crippen LogP contribution in [0.1, 0.15) is 34.3 Å². The van der Waals surface area contributed by atoms with Gasteiger partial charge in [0.05, 0.1) is 32.3 Å². The fourth-order valence-electron chi connectivity index (χ4n) is 5.83. The lowest BCUT2D eigenvalue weighted by Gasteiger charge is -2.36. The van der Waals surface area contributed by atoms with Crippen molar-refractivity contribution in [3.8, 4) is 17.2 Å². The third-order valence-corrected chi connectivity index (χ3v) is 8.03. The third kappa shape index (κ3) is 5.27. The molecular formula is C29H33N3O10. The quantitative estimate of drug-likeness (QED) is 0.121. The zero-order valence-corrected chi connectivity index (χ0v) is 23.1. The number of nitrogens with one attached hydrogen (secondary N) is 2. The van der Waals surface area contributed by atoms with Crippen LogP contribution in [-0.2, 0) is 26.4 Å². The van der Waals surface area contributed by atoms with Gasteiger partial charge in [0, 0.05) is 30.6 Å². The predicted octanol–water partition coefficient (Wildman–Crippen LogP) is 0.479. The molecule has 5 rings (SSSR count). The minimum atomic E-state index is -1.81. The van der Waals surface area contributed by atoms with Crippen molar-refractivity contribution in [3.63, 3.8) is 0 Å². The lowest BCUT2D eigenvalue weighted by Crippen LogP contribution is -2.56. The van der Waals surface area contributed by atoms with Crippen molar-refractivity contribution in [2.24, 2.45) is 0 Å². The van der Waals surface area contributed by atoms with E-state index in [2.05, 4.69) is 15.5 Å². The summed E-state index contributed by atoms with van der Waals surface area (Å²) >= 11 is 0. The second kappa shape index (κ2) is 12.0. The number of carbonyl (C=O) groups is 3. The van der Waals surface area contributed by atoms with Crippen LogP contribution >= 0.6 is 0 Å². The van der Waals surface area contributed by atoms with Crippen molar-refractivity contribution in [1.82, 2.24) is 15.5 Å². The topological polar surface area (TPSA) is 176 Å². The summed E-state index contributed by atoms with van der Waals surface area (Å²) in [5.74, 6) is -0.674. The molecule has 13 heteroatoms. The molecule has 224 valence electrons. The number of methoxy groups -OCH3 is 2. The molecule has 13 nitrogen and oxygen atoms in total. The molecule has 0 bridgehead atoms. The Kier molecular flexibility index (Phi) is 8.36. The van der Waals surface area contributed by atoms with Crippen LogP contribution in [0.3, 0.4) is 0 Å². The van der Waals surface area contributed by atoms with Crippen molar-refractivity contribution < 1.29 is 49.0 Å². The highest BCUT2D eigenvalue weighted by molar-refractivity contribution is 5.98. The molecule has 0 aromatic heterocycles. The monoisotopic (exact) mass is 583 g/mol. The van der Waals surface area contributed by atoms with E-state index in [0.717, 1.165) is 11.1 Å². The second-order valence-corrected chi connectivity index (χ2v) is 10.4. The first-order chi connectivity index (χ1) is 20.2. The molecule has 2 aromatic carbocycles. The molecule has 3 amide bonds. The van der Waals surface area contributed by atoms with Gasteiger partial charge < -0.3 is 40.0 Å². The number of rotatable bonds is 9. The van der Waals surface area contributed by atoms with Crippen LogP contribution in [0, 0.1) is 0 Å². The van der Waals surface area contributed by atoms with Crippen molar-refractivity contribution in [2.75, 3.05) is 27.4 Å². The largest absolute Gasteiger partial charge is 0.497 e. The molecule has 2 aromatic rings. The van der Waals surface area contributed by atoms with E-state index in [1.807, 2.05) is 12.1 Å². The number of ether oxygens (including phenoxy) is 3. The maximum Gasteiger partial charge on any atom is 0.276 e. The number of carbonyl (C=O) groups excluding carboxylic acids is 3. The number of benzene rings is 2. The lowest BCUT2D eigenvalue weighted by atomic mass is 9.69. The van der Waals surface area contributed by atoms with Gasteiger partial charge >= 0.3 is 0 Å². The van der Waals surface area contributed by atoms with Gasteiger partial charge in [-0.1, -0.05) is 18.2 Å². The van der Waals surface area contributed by atoms with E-state index in [0.29, 0.717) is 30.1 Å². The van der Waals surface area contributed by atoms with Gasteiger partial charge in [-0.15, -0.1) is 0 Å². The van der Waals surface area contributed by atoms with E-state index in [1.165, 1.54) is 24.1 Å². The average Bonchev–Trinajstić information content (AvgIpc) is 3.24. The minimum Gasteiger partial charge on any atom is -0.497 e. The van der Waals surface area contributed by atoms with E-state index < -0.39 is 48.1 Å². The summed E-state index contributed by atoms with van der Waals surface area (Å²) in [5, 5.41) is 34.3. The Hall–Kier alpha value is -4.17. The molecule has 5 N–H and O–H groups in total. The number of hydrogen-bond donors (Lipinski definition) is 5. The van der Waals surface area contributed by atoms with Gasteiger partial charge in [0.15, 0.2) is 11.5 Å². The summed E-state index contributed by atoms with van der Waals surface area (Å²) in [6, 6.07) is 8.25. The van der Waals surface area contributed by atoms with Gasteiger partial charge in [-0.05, 0) is 42.3 Å². The first kappa shape index (κ1) is 29.3. The maximum absolute atomic E-state index is 13.5. The Morgan fingerprint density at radius 3 is 2.55 bits per heavy atom. The fraction of sp³-hybridized carbons (Fsp3) is 0.414. The Balaban J connectivity index is 1.32. The van der Waals surface area contributed by atoms with E-state index in [-0.39, 0.29) is 24.8 Å². The summed E-state index contributed by atoms with van der Waals surface area (Å²) in [6.45, 7) is -0.445. The summed E-state index contributed by atoms with van der Waals surface area (Å²) in [6.07, 6.45) is 1.60. The maximum atomic E-state index is 13.5. The molecule has 0 fully saturated rings. The van der Waals surface area contributed by atoms with Gasteiger partial charge in [0.1, 0.15) is 17.9 Å². The van der Waals surface area contributed by atoms with Crippen LogP contribution in [0.5, 0.6) is 17.2 Å². The third-order valence-electron chi connectivity index (χ3n) is 8.03. The lowest BCUT2D eigenvalue weighted by molar-refractivity contribution is -0.280. The fourth-order valence-corrected chi connectivity index (χ4v) is 5.83. The average molecular weight is 584 g/mol. The molecule has 0 radical (unpaired) electrons. The van der Waals surface area contributed by atoms with Crippen LogP contribution in [0.25, 0.3) is 0 Å². The molecule has 0 saturated heterocycles. The van der Waals surface area contributed by atoms with Crippen LogP contribution < -0.4 is 24.8 Å². The Morgan fingerprint density at radius 1 is 1.12 bits per heavy atom. The van der Waals surface area contributed by atoms with Crippen molar-refractivity contribution in [1.29, 1.82) is 0 Å². The number of nitrogens with zero attached hydrogens (tertiary/aromatic N) is 1. The van der Waals surface area contributed by atoms with Gasteiger partial charge in [-0.25, -0.2) is 10.1 Å². The zero-order valence-electron chi connectivity index (χ0n) is 23.1. The number of aliphatic hydroxyl groups excluding tert-OH is 2. The predicted molar refractivity (Wildman–Crippen MR) is 146 cm³/mol. The van der Waals surface area contributed by atoms with Crippen molar-refractivity contribution in [2.45, 2.75) is 49.3 Å². The standard InChI is InChI=1S/C29H33N3O10/c1-39-19-6-3-16(4-7-19)25(35)30-20(15-33)26(36)31-27(42-38)28(37)32-12-11-29-10-9-18(34)13-22(29)41-24-21(40-2)8-5-17(14-32)23(24)29/h3-10,18,20,22,27,33-34,38H,11-15H2,1-2H3,(H,30,35)(H,31,36). The van der Waals surface area contributed by atoms with E-state index in [4.69, 9.17) is 14.2 Å². The molecule has 42 heavy (non-hydrogen) atoms. The molecule has 5 atom stereocenters. The molecule has 3 aliphatic rings. The van der Waals surface area contributed by atoms with E-state index in [9.17, 15) is 29.9 Å². The van der Waals surface area contributed by atoms with Gasteiger partial charge in [0.25, 0.3) is 11.8 Å². The second-order valence-electron chi connectivity index (χ2n) is 10.4. The Bertz CT molecular complexity index is 1380. The normalized spacial score (nSPS) is 23.4. The summed E-state index contributed by atoms with van der Waals surface area (Å²) < 4.78 is 16.9. The summed E-state index contributed by atoms with van der Waals surface area (Å²) in [5.41, 5.74) is 1.26. The molecular weight excluding hydrogens is 550 g/mol. The Morgan fingerprint density at radius 2 is 1.88 bits per heavy atom. The highest BCUT2D eigenvalue weighted by Crippen LogP contribution is 2.55. The van der Waals surface area contributed by atoms with Crippen LogP contribution in [-0.4, -0.2) is 89.9 Å².